The van der Waals surface area contributed by atoms with Gasteiger partial charge in [-0.1, -0.05) is 36.8 Å². The molecule has 1 fully saturated rings. The summed E-state index contributed by atoms with van der Waals surface area (Å²) in [5, 5.41) is 0. The molecule has 0 radical (unpaired) electrons. The molecule has 130 valence electrons. The SMILES string of the molecule is COc1ccc(C)cc1-c1[nH]c(=O)sc1CN1CC(C)CC(C)C1. The summed E-state index contributed by atoms with van der Waals surface area (Å²) in [6.45, 7) is 9.70. The van der Waals surface area contributed by atoms with Crippen LogP contribution in [0.4, 0.5) is 0 Å². The first kappa shape index (κ1) is 17.2. The molecule has 1 saturated heterocycles. The fourth-order valence-corrected chi connectivity index (χ4v) is 4.72. The van der Waals surface area contributed by atoms with Crippen molar-refractivity contribution in [3.8, 4) is 17.0 Å². The Kier molecular flexibility index (Phi) is 5.11. The first-order chi connectivity index (χ1) is 11.5. The standard InChI is InChI=1S/C19H26N2O2S/c1-12-5-6-16(23-4)15(8-12)18-17(24-19(22)20-18)11-21-9-13(2)7-14(3)10-21/h5-6,8,13-14H,7,9-11H2,1-4H3,(H,20,22). The highest BCUT2D eigenvalue weighted by molar-refractivity contribution is 7.09. The van der Waals surface area contributed by atoms with Gasteiger partial charge in [0.15, 0.2) is 0 Å². The molecule has 4 nitrogen and oxygen atoms in total. The van der Waals surface area contributed by atoms with Gasteiger partial charge in [-0.15, -0.1) is 0 Å². The van der Waals surface area contributed by atoms with E-state index in [0.29, 0.717) is 11.8 Å². The molecule has 3 rings (SSSR count). The summed E-state index contributed by atoms with van der Waals surface area (Å²) < 4.78 is 5.51. The van der Waals surface area contributed by atoms with Crippen LogP contribution in [-0.2, 0) is 6.54 Å². The minimum atomic E-state index is 0.00154. The minimum Gasteiger partial charge on any atom is -0.496 e. The van der Waals surface area contributed by atoms with Gasteiger partial charge in [0, 0.05) is 30.1 Å². The Morgan fingerprint density at radius 1 is 1.29 bits per heavy atom. The van der Waals surface area contributed by atoms with Gasteiger partial charge in [-0.2, -0.15) is 0 Å². The van der Waals surface area contributed by atoms with Gasteiger partial charge in [-0.05, 0) is 37.3 Å². The van der Waals surface area contributed by atoms with E-state index in [0.717, 1.165) is 47.1 Å². The lowest BCUT2D eigenvalue weighted by atomic mass is 9.92. The summed E-state index contributed by atoms with van der Waals surface area (Å²) in [5.74, 6) is 2.22. The number of benzene rings is 1. The summed E-state index contributed by atoms with van der Waals surface area (Å²) in [5.41, 5.74) is 3.05. The molecule has 0 aliphatic carbocycles. The predicted octanol–water partition coefficient (Wildman–Crippen LogP) is 3.90. The number of rotatable bonds is 4. The van der Waals surface area contributed by atoms with Crippen LogP contribution in [-0.4, -0.2) is 30.1 Å². The lowest BCUT2D eigenvalue weighted by Gasteiger charge is -2.34. The molecule has 0 amide bonds. The third-order valence-corrected chi connectivity index (χ3v) is 5.52. The molecule has 24 heavy (non-hydrogen) atoms. The van der Waals surface area contributed by atoms with E-state index in [9.17, 15) is 4.79 Å². The van der Waals surface area contributed by atoms with Crippen LogP contribution in [0, 0.1) is 18.8 Å². The number of aromatic nitrogens is 1. The summed E-state index contributed by atoms with van der Waals surface area (Å²) in [4.78, 5) is 18.7. The van der Waals surface area contributed by atoms with Crippen LogP contribution < -0.4 is 9.61 Å². The Labute approximate surface area is 147 Å². The third-order valence-electron chi connectivity index (χ3n) is 4.66. The van der Waals surface area contributed by atoms with Crippen molar-refractivity contribution in [2.75, 3.05) is 20.2 Å². The van der Waals surface area contributed by atoms with Gasteiger partial charge in [0.25, 0.3) is 0 Å². The van der Waals surface area contributed by atoms with Gasteiger partial charge in [-0.3, -0.25) is 9.69 Å². The zero-order valence-electron chi connectivity index (χ0n) is 14.9. The number of nitrogens with zero attached hydrogens (tertiary/aromatic N) is 1. The van der Waals surface area contributed by atoms with Crippen molar-refractivity contribution in [3.05, 3.63) is 38.3 Å². The number of nitrogens with one attached hydrogen (secondary N) is 1. The number of H-pyrrole nitrogens is 1. The normalized spacial score (nSPS) is 21.8. The average molecular weight is 346 g/mol. The maximum absolute atomic E-state index is 12.0. The molecule has 1 aliphatic heterocycles. The van der Waals surface area contributed by atoms with E-state index in [2.05, 4.69) is 36.7 Å². The Balaban J connectivity index is 1.94. The number of hydrogen-bond donors (Lipinski definition) is 1. The highest BCUT2D eigenvalue weighted by Crippen LogP contribution is 2.34. The van der Waals surface area contributed by atoms with E-state index >= 15 is 0 Å². The number of aryl methyl sites for hydroxylation is 1. The maximum atomic E-state index is 12.0. The number of piperidine rings is 1. The molecule has 0 saturated carbocycles. The van der Waals surface area contributed by atoms with Gasteiger partial charge in [-0.25, -0.2) is 0 Å². The van der Waals surface area contributed by atoms with Gasteiger partial charge in [0.05, 0.1) is 12.8 Å². The van der Waals surface area contributed by atoms with Crippen LogP contribution >= 0.6 is 11.3 Å². The van der Waals surface area contributed by atoms with Crippen LogP contribution in [0.3, 0.4) is 0 Å². The molecule has 2 aromatic rings. The second kappa shape index (κ2) is 7.11. The van der Waals surface area contributed by atoms with Crippen LogP contribution in [0.15, 0.2) is 23.0 Å². The van der Waals surface area contributed by atoms with Gasteiger partial charge < -0.3 is 9.72 Å². The molecular formula is C19H26N2O2S. The zero-order chi connectivity index (χ0) is 17.3. The molecule has 2 heterocycles. The Morgan fingerprint density at radius 2 is 2.00 bits per heavy atom. The van der Waals surface area contributed by atoms with Crippen LogP contribution in [0.25, 0.3) is 11.3 Å². The Morgan fingerprint density at radius 3 is 2.67 bits per heavy atom. The van der Waals surface area contributed by atoms with Crippen molar-refractivity contribution in [2.45, 2.75) is 33.7 Å². The van der Waals surface area contributed by atoms with E-state index in [-0.39, 0.29) is 4.87 Å². The molecule has 0 spiro atoms. The lowest BCUT2D eigenvalue weighted by molar-refractivity contribution is 0.135. The monoisotopic (exact) mass is 346 g/mol. The first-order valence-corrected chi connectivity index (χ1v) is 9.37. The average Bonchev–Trinajstić information content (AvgIpc) is 2.86. The topological polar surface area (TPSA) is 45.3 Å². The molecular weight excluding hydrogens is 320 g/mol. The lowest BCUT2D eigenvalue weighted by Crippen LogP contribution is -2.38. The summed E-state index contributed by atoms with van der Waals surface area (Å²) in [6, 6.07) is 6.08. The highest BCUT2D eigenvalue weighted by atomic mass is 32.1. The third kappa shape index (κ3) is 3.73. The minimum absolute atomic E-state index is 0.00154. The van der Waals surface area contributed by atoms with Crippen LogP contribution in [0.5, 0.6) is 5.75 Å². The second-order valence-electron chi connectivity index (χ2n) is 7.16. The van der Waals surface area contributed by atoms with Crippen molar-refractivity contribution >= 4 is 11.3 Å². The van der Waals surface area contributed by atoms with E-state index in [4.69, 9.17) is 4.74 Å². The van der Waals surface area contributed by atoms with Crippen LogP contribution in [0.2, 0.25) is 0 Å². The van der Waals surface area contributed by atoms with E-state index < -0.39 is 0 Å². The number of aromatic amines is 1. The van der Waals surface area contributed by atoms with Gasteiger partial charge in [0.2, 0.25) is 0 Å². The molecule has 0 bridgehead atoms. The summed E-state index contributed by atoms with van der Waals surface area (Å²) in [7, 11) is 1.67. The van der Waals surface area contributed by atoms with Crippen molar-refractivity contribution in [2.24, 2.45) is 11.8 Å². The number of hydrogen-bond acceptors (Lipinski definition) is 4. The fraction of sp³-hybridized carbons (Fsp3) is 0.526. The molecule has 1 aliphatic rings. The van der Waals surface area contributed by atoms with Crippen molar-refractivity contribution in [3.63, 3.8) is 0 Å². The fourth-order valence-electron chi connectivity index (χ4n) is 3.83. The smallest absolute Gasteiger partial charge is 0.305 e. The van der Waals surface area contributed by atoms with E-state index in [1.165, 1.54) is 17.8 Å². The van der Waals surface area contributed by atoms with Gasteiger partial charge >= 0.3 is 4.87 Å². The summed E-state index contributed by atoms with van der Waals surface area (Å²) in [6.07, 6.45) is 1.29. The quantitative estimate of drug-likeness (QED) is 0.913. The molecule has 2 atom stereocenters. The Bertz CT molecular complexity index is 755. The summed E-state index contributed by atoms with van der Waals surface area (Å²) >= 11 is 1.32. The molecule has 1 aromatic carbocycles. The molecule has 1 aromatic heterocycles. The number of ether oxygens (including phenoxy) is 1. The van der Waals surface area contributed by atoms with Crippen molar-refractivity contribution < 1.29 is 4.74 Å². The molecule has 1 N–H and O–H groups in total. The van der Waals surface area contributed by atoms with Crippen LogP contribution in [0.1, 0.15) is 30.7 Å². The number of thiazole rings is 1. The Hall–Kier alpha value is -1.59. The van der Waals surface area contributed by atoms with E-state index in [1.807, 2.05) is 12.1 Å². The number of methoxy groups -OCH3 is 1. The highest BCUT2D eigenvalue weighted by Gasteiger charge is 2.24. The van der Waals surface area contributed by atoms with E-state index in [1.54, 1.807) is 7.11 Å². The molecule has 5 heteroatoms. The number of likely N-dealkylation sites (tertiary alicyclic amines) is 1. The second-order valence-corrected chi connectivity index (χ2v) is 8.22. The molecule has 2 unspecified atom stereocenters. The van der Waals surface area contributed by atoms with Gasteiger partial charge in [0.1, 0.15) is 5.75 Å². The first-order valence-electron chi connectivity index (χ1n) is 8.55. The largest absolute Gasteiger partial charge is 0.496 e. The van der Waals surface area contributed by atoms with Crippen molar-refractivity contribution in [1.82, 2.24) is 9.88 Å². The predicted molar refractivity (Wildman–Crippen MR) is 99.9 cm³/mol. The van der Waals surface area contributed by atoms with Crippen molar-refractivity contribution in [1.29, 1.82) is 0 Å². The zero-order valence-corrected chi connectivity index (χ0v) is 15.7. The maximum Gasteiger partial charge on any atom is 0.305 e.